The first-order valence-electron chi connectivity index (χ1n) is 8.08. The first-order chi connectivity index (χ1) is 12.8. The highest BCUT2D eigenvalue weighted by atomic mass is 35.5. The Balaban J connectivity index is 1.75. The molecule has 2 aromatic carbocycles. The van der Waals surface area contributed by atoms with Gasteiger partial charge in [0.2, 0.25) is 10.0 Å². The van der Waals surface area contributed by atoms with Crippen molar-refractivity contribution in [2.75, 3.05) is 26.2 Å². The summed E-state index contributed by atoms with van der Waals surface area (Å²) < 4.78 is 27.0. The molecule has 0 aromatic heterocycles. The molecule has 140 valence electrons. The number of hydrogen-bond acceptors (Lipinski definition) is 4. The van der Waals surface area contributed by atoms with Crippen molar-refractivity contribution in [3.8, 4) is 6.07 Å². The van der Waals surface area contributed by atoms with Crippen molar-refractivity contribution in [3.05, 3.63) is 63.6 Å². The Bertz CT molecular complexity index is 1010. The van der Waals surface area contributed by atoms with Gasteiger partial charge in [-0.25, -0.2) is 8.42 Å². The molecule has 9 heteroatoms. The van der Waals surface area contributed by atoms with Gasteiger partial charge >= 0.3 is 0 Å². The fourth-order valence-corrected chi connectivity index (χ4v) is 5.41. The first kappa shape index (κ1) is 19.6. The van der Waals surface area contributed by atoms with Crippen molar-refractivity contribution in [3.63, 3.8) is 0 Å². The minimum atomic E-state index is -3.86. The summed E-state index contributed by atoms with van der Waals surface area (Å²) in [6, 6.07) is 12.9. The van der Waals surface area contributed by atoms with Gasteiger partial charge in [0.25, 0.3) is 5.91 Å². The molecule has 0 spiro atoms. The van der Waals surface area contributed by atoms with E-state index in [0.29, 0.717) is 11.1 Å². The van der Waals surface area contributed by atoms with Gasteiger partial charge in [-0.1, -0.05) is 35.3 Å². The smallest absolute Gasteiger partial charge is 0.253 e. The molecule has 0 aliphatic carbocycles. The lowest BCUT2D eigenvalue weighted by Gasteiger charge is -2.34. The maximum Gasteiger partial charge on any atom is 0.253 e. The molecule has 0 radical (unpaired) electrons. The molecule has 27 heavy (non-hydrogen) atoms. The number of sulfonamides is 1. The van der Waals surface area contributed by atoms with Crippen LogP contribution >= 0.6 is 23.2 Å². The second kappa shape index (κ2) is 7.87. The van der Waals surface area contributed by atoms with E-state index in [1.807, 2.05) is 6.07 Å². The van der Waals surface area contributed by atoms with Crippen molar-refractivity contribution in [1.29, 1.82) is 5.26 Å². The maximum atomic E-state index is 12.9. The highest BCUT2D eigenvalue weighted by Crippen LogP contribution is 2.32. The molecule has 0 atom stereocenters. The third kappa shape index (κ3) is 3.94. The van der Waals surface area contributed by atoms with Crippen molar-refractivity contribution < 1.29 is 13.2 Å². The van der Waals surface area contributed by atoms with Crippen LogP contribution in [0, 0.1) is 11.3 Å². The van der Waals surface area contributed by atoms with Gasteiger partial charge in [0.1, 0.15) is 4.90 Å². The monoisotopic (exact) mass is 423 g/mol. The third-order valence-corrected chi connectivity index (χ3v) is 7.14. The van der Waals surface area contributed by atoms with Gasteiger partial charge < -0.3 is 4.90 Å². The zero-order valence-electron chi connectivity index (χ0n) is 14.1. The second-order valence-corrected chi connectivity index (χ2v) is 8.63. The van der Waals surface area contributed by atoms with Crippen LogP contribution in [0.25, 0.3) is 0 Å². The lowest BCUT2D eigenvalue weighted by Crippen LogP contribution is -2.50. The summed E-state index contributed by atoms with van der Waals surface area (Å²) in [4.78, 5) is 14.1. The van der Waals surface area contributed by atoms with Gasteiger partial charge in [-0.15, -0.1) is 0 Å². The van der Waals surface area contributed by atoms with Crippen LogP contribution in [-0.4, -0.2) is 49.7 Å². The second-order valence-electron chi connectivity index (χ2n) is 5.94. The Hall–Kier alpha value is -2.11. The number of benzene rings is 2. The minimum absolute atomic E-state index is 0.0642. The van der Waals surface area contributed by atoms with Gasteiger partial charge in [-0.3, -0.25) is 4.79 Å². The average Bonchev–Trinajstić information content (AvgIpc) is 2.67. The highest BCUT2D eigenvalue weighted by molar-refractivity contribution is 7.89. The molecule has 1 aliphatic rings. The fraction of sp³-hybridized carbons (Fsp3) is 0.222. The number of carbonyl (C=O) groups excluding carboxylic acids is 1. The summed E-state index contributed by atoms with van der Waals surface area (Å²) in [5.41, 5.74) is 0.801. The fourth-order valence-electron chi connectivity index (χ4n) is 2.89. The quantitative estimate of drug-likeness (QED) is 0.759. The Morgan fingerprint density at radius 1 is 1.00 bits per heavy atom. The number of amides is 1. The van der Waals surface area contributed by atoms with E-state index < -0.39 is 10.0 Å². The molecule has 2 aromatic rings. The molecule has 0 saturated carbocycles. The Labute approximate surface area is 167 Å². The summed E-state index contributed by atoms with van der Waals surface area (Å²) in [6.07, 6.45) is 0. The minimum Gasteiger partial charge on any atom is -0.336 e. The summed E-state index contributed by atoms with van der Waals surface area (Å²) in [7, 11) is -3.86. The molecule has 0 N–H and O–H groups in total. The van der Waals surface area contributed by atoms with E-state index in [9.17, 15) is 13.2 Å². The average molecular weight is 424 g/mol. The van der Waals surface area contributed by atoms with Crippen LogP contribution < -0.4 is 0 Å². The number of halogens is 2. The van der Waals surface area contributed by atoms with Crippen LogP contribution in [0.2, 0.25) is 10.0 Å². The molecule has 6 nitrogen and oxygen atoms in total. The van der Waals surface area contributed by atoms with E-state index >= 15 is 0 Å². The SMILES string of the molecule is N#Cc1cccc(C(=O)N2CCN(S(=O)(=O)c3c(Cl)cccc3Cl)CC2)c1. The maximum absolute atomic E-state index is 12.9. The standard InChI is InChI=1S/C18H15Cl2N3O3S/c19-15-5-2-6-16(20)17(15)27(25,26)23-9-7-22(8-10-23)18(24)14-4-1-3-13(11-14)12-21/h1-6,11H,7-10H2. The van der Waals surface area contributed by atoms with Gasteiger partial charge in [0.15, 0.2) is 0 Å². The Kier molecular flexibility index (Phi) is 5.72. The van der Waals surface area contributed by atoms with Crippen LogP contribution in [0.1, 0.15) is 15.9 Å². The van der Waals surface area contributed by atoms with E-state index in [4.69, 9.17) is 28.5 Å². The zero-order chi connectivity index (χ0) is 19.6. The van der Waals surface area contributed by atoms with Crippen LogP contribution in [-0.2, 0) is 10.0 Å². The van der Waals surface area contributed by atoms with Crippen molar-refractivity contribution in [2.24, 2.45) is 0 Å². The Morgan fingerprint density at radius 2 is 1.59 bits per heavy atom. The van der Waals surface area contributed by atoms with Crippen LogP contribution in [0.4, 0.5) is 0 Å². The van der Waals surface area contributed by atoms with Gasteiger partial charge in [0.05, 0.1) is 21.7 Å². The summed E-state index contributed by atoms with van der Waals surface area (Å²) in [5.74, 6) is -0.236. The number of hydrogen-bond donors (Lipinski definition) is 0. The van der Waals surface area contributed by atoms with Crippen molar-refractivity contribution in [1.82, 2.24) is 9.21 Å². The van der Waals surface area contributed by atoms with E-state index in [0.717, 1.165) is 0 Å². The number of rotatable bonds is 3. The summed E-state index contributed by atoms with van der Waals surface area (Å²) >= 11 is 12.1. The number of nitrogens with zero attached hydrogens (tertiary/aromatic N) is 3. The van der Waals surface area contributed by atoms with Gasteiger partial charge in [-0.05, 0) is 30.3 Å². The topological polar surface area (TPSA) is 81.5 Å². The largest absolute Gasteiger partial charge is 0.336 e. The Morgan fingerprint density at radius 3 is 2.19 bits per heavy atom. The zero-order valence-corrected chi connectivity index (χ0v) is 16.4. The summed E-state index contributed by atoms with van der Waals surface area (Å²) in [5, 5.41) is 9.09. The van der Waals surface area contributed by atoms with Crippen LogP contribution in [0.5, 0.6) is 0 Å². The number of piperazine rings is 1. The van der Waals surface area contributed by atoms with Crippen molar-refractivity contribution >= 4 is 39.1 Å². The lowest BCUT2D eigenvalue weighted by atomic mass is 10.1. The molecule has 0 unspecified atom stereocenters. The molecule has 1 heterocycles. The number of nitriles is 1. The molecule has 1 saturated heterocycles. The van der Waals surface area contributed by atoms with Crippen molar-refractivity contribution in [2.45, 2.75) is 4.90 Å². The third-order valence-electron chi connectivity index (χ3n) is 4.28. The molecule has 1 aliphatic heterocycles. The number of carbonyl (C=O) groups is 1. The molecule has 3 rings (SSSR count). The van der Waals surface area contributed by atoms with Gasteiger partial charge in [-0.2, -0.15) is 9.57 Å². The highest BCUT2D eigenvalue weighted by Gasteiger charge is 2.33. The predicted octanol–water partition coefficient (Wildman–Crippen LogP) is 3.01. The van der Waals surface area contributed by atoms with E-state index in [1.54, 1.807) is 29.2 Å². The predicted molar refractivity (Wildman–Crippen MR) is 102 cm³/mol. The van der Waals surface area contributed by atoms with E-state index in [1.165, 1.54) is 22.5 Å². The first-order valence-corrected chi connectivity index (χ1v) is 10.3. The van der Waals surface area contributed by atoms with Gasteiger partial charge in [0, 0.05) is 31.7 Å². The molecular weight excluding hydrogens is 409 g/mol. The van der Waals surface area contributed by atoms with E-state index in [2.05, 4.69) is 0 Å². The molecular formula is C18H15Cl2N3O3S. The summed E-state index contributed by atoms with van der Waals surface area (Å²) in [6.45, 7) is 0.731. The molecule has 1 fully saturated rings. The molecule has 0 bridgehead atoms. The van der Waals surface area contributed by atoms with Crippen LogP contribution in [0.3, 0.4) is 0 Å². The van der Waals surface area contributed by atoms with Crippen LogP contribution in [0.15, 0.2) is 47.4 Å². The lowest BCUT2D eigenvalue weighted by molar-refractivity contribution is 0.0698. The molecule has 1 amide bonds. The normalized spacial score (nSPS) is 15.4. The van der Waals surface area contributed by atoms with E-state index in [-0.39, 0.29) is 47.0 Å².